The molecule has 1 N–H and O–H groups in total. The summed E-state index contributed by atoms with van der Waals surface area (Å²) in [4.78, 5) is -0.0259. The molecule has 22 heavy (non-hydrogen) atoms. The lowest BCUT2D eigenvalue weighted by Crippen LogP contribution is -2.01. The molecule has 0 spiro atoms. The van der Waals surface area contributed by atoms with Gasteiger partial charge in [0.1, 0.15) is 0 Å². The summed E-state index contributed by atoms with van der Waals surface area (Å²) in [5, 5.41) is 0. The van der Waals surface area contributed by atoms with Gasteiger partial charge in [0.15, 0.2) is 0 Å². The minimum atomic E-state index is -4.08. The lowest BCUT2D eigenvalue weighted by molar-refractivity contribution is 0.483. The van der Waals surface area contributed by atoms with E-state index in [0.717, 1.165) is 12.8 Å². The Morgan fingerprint density at radius 3 is 1.95 bits per heavy atom. The van der Waals surface area contributed by atoms with Gasteiger partial charge in [-0.05, 0) is 36.5 Å². The van der Waals surface area contributed by atoms with Gasteiger partial charge >= 0.3 is 0 Å². The van der Waals surface area contributed by atoms with Crippen LogP contribution in [-0.4, -0.2) is 13.0 Å². The van der Waals surface area contributed by atoms with Crippen molar-refractivity contribution in [3.63, 3.8) is 0 Å². The van der Waals surface area contributed by atoms with E-state index in [1.165, 1.54) is 62.6 Å². The molecule has 0 aromatic heterocycles. The lowest BCUT2D eigenvalue weighted by atomic mass is 9.91. The number of benzene rings is 1. The van der Waals surface area contributed by atoms with Crippen molar-refractivity contribution >= 4 is 10.1 Å². The van der Waals surface area contributed by atoms with E-state index in [4.69, 9.17) is 4.55 Å². The molecule has 1 aromatic carbocycles. The van der Waals surface area contributed by atoms with Crippen LogP contribution in [0.3, 0.4) is 0 Å². The van der Waals surface area contributed by atoms with E-state index in [9.17, 15) is 8.42 Å². The largest absolute Gasteiger partial charge is 0.294 e. The third-order valence-electron chi connectivity index (χ3n) is 4.30. The van der Waals surface area contributed by atoms with E-state index in [2.05, 4.69) is 13.8 Å². The zero-order valence-corrected chi connectivity index (χ0v) is 14.7. The molecule has 0 bridgehead atoms. The maximum Gasteiger partial charge on any atom is 0.294 e. The summed E-state index contributed by atoms with van der Waals surface area (Å²) >= 11 is 0. The van der Waals surface area contributed by atoms with Gasteiger partial charge in [-0.1, -0.05) is 70.9 Å². The first-order valence-corrected chi connectivity index (χ1v) is 10.0. The van der Waals surface area contributed by atoms with Crippen LogP contribution in [0.15, 0.2) is 29.2 Å². The molecule has 0 radical (unpaired) electrons. The molecule has 0 saturated carbocycles. The number of unbranched alkanes of at least 4 members (excludes halogenated alkanes) is 6. The van der Waals surface area contributed by atoms with Crippen molar-refractivity contribution in [2.45, 2.75) is 82.4 Å². The summed E-state index contributed by atoms with van der Waals surface area (Å²) in [7, 11) is -4.08. The molecule has 0 aliphatic heterocycles. The molecule has 0 aliphatic rings. The lowest BCUT2D eigenvalue weighted by Gasteiger charge is -2.15. The second-order valence-electron chi connectivity index (χ2n) is 6.06. The Labute approximate surface area is 135 Å². The van der Waals surface area contributed by atoms with E-state index >= 15 is 0 Å². The van der Waals surface area contributed by atoms with Crippen molar-refractivity contribution in [3.8, 4) is 0 Å². The molecule has 3 nitrogen and oxygen atoms in total. The normalized spacial score (nSPS) is 13.2. The highest BCUT2D eigenvalue weighted by Crippen LogP contribution is 2.27. The topological polar surface area (TPSA) is 54.4 Å². The molecule has 0 unspecified atom stereocenters. The molecule has 0 fully saturated rings. The van der Waals surface area contributed by atoms with Crippen LogP contribution < -0.4 is 0 Å². The average Bonchev–Trinajstić information content (AvgIpc) is 2.49. The number of hydrogen-bond acceptors (Lipinski definition) is 2. The van der Waals surface area contributed by atoms with Gasteiger partial charge in [0.2, 0.25) is 0 Å². The van der Waals surface area contributed by atoms with Crippen LogP contribution in [0.2, 0.25) is 0 Å². The summed E-state index contributed by atoms with van der Waals surface area (Å²) in [6, 6.07) is 6.66. The minimum Gasteiger partial charge on any atom is -0.282 e. The number of hydrogen-bond donors (Lipinski definition) is 1. The van der Waals surface area contributed by atoms with E-state index < -0.39 is 10.1 Å². The van der Waals surface area contributed by atoms with Gasteiger partial charge in [-0.2, -0.15) is 8.42 Å². The maximum atomic E-state index is 11.1. The van der Waals surface area contributed by atoms with E-state index in [1.54, 1.807) is 0 Å². The first kappa shape index (κ1) is 19.2. The predicted molar refractivity (Wildman–Crippen MR) is 91.9 cm³/mol. The van der Waals surface area contributed by atoms with Gasteiger partial charge in [-0.25, -0.2) is 0 Å². The third kappa shape index (κ3) is 6.93. The van der Waals surface area contributed by atoms with Crippen LogP contribution in [0.1, 0.15) is 83.1 Å². The van der Waals surface area contributed by atoms with Crippen LogP contribution >= 0.6 is 0 Å². The van der Waals surface area contributed by atoms with E-state index in [0.29, 0.717) is 5.92 Å². The summed E-state index contributed by atoms with van der Waals surface area (Å²) in [6.45, 7) is 4.40. The average molecular weight is 327 g/mol. The molecule has 0 saturated heterocycles. The molecule has 0 heterocycles. The van der Waals surface area contributed by atoms with Gasteiger partial charge < -0.3 is 0 Å². The van der Waals surface area contributed by atoms with Crippen LogP contribution in [0.25, 0.3) is 0 Å². The van der Waals surface area contributed by atoms with Gasteiger partial charge in [0.05, 0.1) is 4.90 Å². The monoisotopic (exact) mass is 326 g/mol. The standard InChI is InChI=1S/C18H30O3S/c1-3-5-6-7-8-9-10-11-16(4-2)17-12-14-18(15-13-17)22(19,20)21/h12-16H,3-11H2,1-2H3,(H,19,20,21)/t16-/m0/s1. The fourth-order valence-electron chi connectivity index (χ4n) is 2.87. The third-order valence-corrected chi connectivity index (χ3v) is 5.17. The Morgan fingerprint density at radius 1 is 0.909 bits per heavy atom. The number of rotatable bonds is 11. The molecular weight excluding hydrogens is 296 g/mol. The predicted octanol–water partition coefficient (Wildman–Crippen LogP) is 5.57. The Morgan fingerprint density at radius 2 is 1.45 bits per heavy atom. The quantitative estimate of drug-likeness (QED) is 0.427. The summed E-state index contributed by atoms with van der Waals surface area (Å²) < 4.78 is 31.1. The fourth-order valence-corrected chi connectivity index (χ4v) is 3.35. The zero-order valence-electron chi connectivity index (χ0n) is 13.9. The van der Waals surface area contributed by atoms with Crippen molar-refractivity contribution in [1.29, 1.82) is 0 Å². The smallest absolute Gasteiger partial charge is 0.282 e. The first-order chi connectivity index (χ1) is 10.5. The Balaban J connectivity index is 2.41. The van der Waals surface area contributed by atoms with Gasteiger partial charge in [-0.15, -0.1) is 0 Å². The minimum absolute atomic E-state index is 0.0259. The van der Waals surface area contributed by atoms with Crippen molar-refractivity contribution in [3.05, 3.63) is 29.8 Å². The SMILES string of the molecule is CCCCCCCCC[C@H](CC)c1ccc(S(=O)(=O)O)cc1. The Hall–Kier alpha value is -0.870. The van der Waals surface area contributed by atoms with E-state index in [1.807, 2.05) is 12.1 Å². The fraction of sp³-hybridized carbons (Fsp3) is 0.667. The van der Waals surface area contributed by atoms with Crippen LogP contribution in [0.4, 0.5) is 0 Å². The summed E-state index contributed by atoms with van der Waals surface area (Å²) in [6.07, 6.45) is 11.4. The summed E-state index contributed by atoms with van der Waals surface area (Å²) in [5.74, 6) is 0.478. The summed E-state index contributed by atoms with van der Waals surface area (Å²) in [5.41, 5.74) is 1.17. The molecule has 1 rings (SSSR count). The zero-order chi connectivity index (χ0) is 16.4. The molecule has 4 heteroatoms. The van der Waals surface area contributed by atoms with Gasteiger partial charge in [0.25, 0.3) is 10.1 Å². The molecule has 0 aliphatic carbocycles. The first-order valence-electron chi connectivity index (χ1n) is 8.56. The van der Waals surface area contributed by atoms with Gasteiger partial charge in [-0.3, -0.25) is 4.55 Å². The van der Waals surface area contributed by atoms with Crippen molar-refractivity contribution in [2.24, 2.45) is 0 Å². The second-order valence-corrected chi connectivity index (χ2v) is 7.48. The van der Waals surface area contributed by atoms with E-state index in [-0.39, 0.29) is 4.90 Å². The maximum absolute atomic E-state index is 11.1. The van der Waals surface area contributed by atoms with Crippen molar-refractivity contribution in [1.82, 2.24) is 0 Å². The molecule has 0 amide bonds. The molecule has 126 valence electrons. The van der Waals surface area contributed by atoms with Crippen molar-refractivity contribution < 1.29 is 13.0 Å². The highest BCUT2D eigenvalue weighted by Gasteiger charge is 2.12. The Kier molecular flexibility index (Phi) is 8.72. The van der Waals surface area contributed by atoms with Crippen LogP contribution in [-0.2, 0) is 10.1 Å². The van der Waals surface area contributed by atoms with Gasteiger partial charge in [0, 0.05) is 0 Å². The highest BCUT2D eigenvalue weighted by atomic mass is 32.2. The van der Waals surface area contributed by atoms with Crippen LogP contribution in [0, 0.1) is 0 Å². The second kappa shape index (κ2) is 10.0. The molecular formula is C18H30O3S. The van der Waals surface area contributed by atoms with Crippen molar-refractivity contribution in [2.75, 3.05) is 0 Å². The Bertz CT molecular complexity index is 506. The highest BCUT2D eigenvalue weighted by molar-refractivity contribution is 7.85. The molecule has 1 atom stereocenters. The van der Waals surface area contributed by atoms with Crippen LogP contribution in [0.5, 0.6) is 0 Å². The molecule has 1 aromatic rings.